The SMILES string of the molecule is CN1CC(c2ccccc2)C2(CCCN(C(=O)C(COCC3CCCCC3)NC(=O)C(C)(C)N)C2)C1=O. The number of nitrogens with zero attached hydrogens (tertiary/aromatic N) is 2. The Bertz CT molecular complexity index is 956. The Balaban J connectivity index is 1.51. The van der Waals surface area contributed by atoms with Gasteiger partial charge in [0, 0.05) is 39.2 Å². The van der Waals surface area contributed by atoms with Crippen LogP contribution in [0.5, 0.6) is 0 Å². The third kappa shape index (κ3) is 6.17. The molecular weight excluding hydrogens is 468 g/mol. The molecule has 3 unspecified atom stereocenters. The fourth-order valence-electron chi connectivity index (χ4n) is 6.35. The highest BCUT2D eigenvalue weighted by atomic mass is 16.5. The normalized spacial score (nSPS) is 25.9. The van der Waals surface area contributed by atoms with E-state index in [-0.39, 0.29) is 24.3 Å². The Kier molecular flexibility index (Phi) is 8.59. The summed E-state index contributed by atoms with van der Waals surface area (Å²) in [5.41, 5.74) is 5.38. The maximum Gasteiger partial charge on any atom is 0.247 e. The first-order valence-electron chi connectivity index (χ1n) is 13.9. The van der Waals surface area contributed by atoms with Gasteiger partial charge in [-0.25, -0.2) is 0 Å². The Morgan fingerprint density at radius 1 is 1.16 bits per heavy atom. The molecule has 3 aliphatic rings. The van der Waals surface area contributed by atoms with Crippen molar-refractivity contribution in [3.05, 3.63) is 35.9 Å². The number of benzene rings is 1. The monoisotopic (exact) mass is 512 g/mol. The van der Waals surface area contributed by atoms with Gasteiger partial charge in [-0.3, -0.25) is 14.4 Å². The second-order valence-corrected chi connectivity index (χ2v) is 12.0. The summed E-state index contributed by atoms with van der Waals surface area (Å²) in [6.07, 6.45) is 7.47. The lowest BCUT2D eigenvalue weighted by Crippen LogP contribution is -2.60. The van der Waals surface area contributed by atoms with Crippen molar-refractivity contribution >= 4 is 17.7 Å². The van der Waals surface area contributed by atoms with Crippen LogP contribution in [0, 0.1) is 11.3 Å². The van der Waals surface area contributed by atoms with Gasteiger partial charge in [0.05, 0.1) is 17.6 Å². The Morgan fingerprint density at radius 3 is 2.54 bits per heavy atom. The molecule has 1 aromatic carbocycles. The van der Waals surface area contributed by atoms with Crippen LogP contribution < -0.4 is 11.1 Å². The van der Waals surface area contributed by atoms with Crippen molar-refractivity contribution in [3.63, 3.8) is 0 Å². The zero-order valence-electron chi connectivity index (χ0n) is 22.7. The van der Waals surface area contributed by atoms with Gasteiger partial charge in [0.1, 0.15) is 6.04 Å². The van der Waals surface area contributed by atoms with Gasteiger partial charge in [-0.05, 0) is 51.0 Å². The Hall–Kier alpha value is -2.45. The molecule has 8 heteroatoms. The number of rotatable bonds is 8. The standard InChI is InChI=1S/C29H44N4O4/c1-28(2,30)26(35)31-24(19-37-18-21-11-6-4-7-12-21)25(34)33-16-10-15-29(20-33)23(17-32(3)27(29)36)22-13-8-5-9-14-22/h5,8-9,13-14,21,23-24H,4,6-7,10-12,15-20,30H2,1-3H3,(H,31,35). The zero-order chi connectivity index (χ0) is 26.6. The topological polar surface area (TPSA) is 105 Å². The van der Waals surface area contributed by atoms with Crippen molar-refractivity contribution < 1.29 is 19.1 Å². The molecule has 1 saturated carbocycles. The molecule has 1 spiro atoms. The van der Waals surface area contributed by atoms with Crippen LogP contribution in [0.2, 0.25) is 0 Å². The maximum atomic E-state index is 13.9. The summed E-state index contributed by atoms with van der Waals surface area (Å²) < 4.78 is 6.03. The number of nitrogens with one attached hydrogen (secondary N) is 1. The van der Waals surface area contributed by atoms with Crippen LogP contribution in [0.3, 0.4) is 0 Å². The second kappa shape index (κ2) is 11.5. The summed E-state index contributed by atoms with van der Waals surface area (Å²) in [6.45, 7) is 5.48. The van der Waals surface area contributed by atoms with Gasteiger partial charge in [-0.2, -0.15) is 0 Å². The number of likely N-dealkylation sites (tertiary alicyclic amines) is 2. The van der Waals surface area contributed by atoms with Crippen LogP contribution in [0.1, 0.15) is 70.3 Å². The van der Waals surface area contributed by atoms with E-state index in [9.17, 15) is 14.4 Å². The summed E-state index contributed by atoms with van der Waals surface area (Å²) in [7, 11) is 1.85. The fourth-order valence-corrected chi connectivity index (χ4v) is 6.35. The van der Waals surface area contributed by atoms with E-state index >= 15 is 0 Å². The van der Waals surface area contributed by atoms with E-state index in [1.165, 1.54) is 19.3 Å². The molecule has 204 valence electrons. The van der Waals surface area contributed by atoms with Crippen LogP contribution in [-0.2, 0) is 19.1 Å². The second-order valence-electron chi connectivity index (χ2n) is 12.0. The van der Waals surface area contributed by atoms with Crippen LogP contribution in [0.15, 0.2) is 30.3 Å². The highest BCUT2D eigenvalue weighted by Gasteiger charge is 2.55. The number of nitrogens with two attached hydrogens (primary N) is 1. The quantitative estimate of drug-likeness (QED) is 0.557. The van der Waals surface area contributed by atoms with Crippen molar-refractivity contribution in [1.82, 2.24) is 15.1 Å². The van der Waals surface area contributed by atoms with E-state index in [1.54, 1.807) is 23.6 Å². The van der Waals surface area contributed by atoms with Gasteiger partial charge in [-0.1, -0.05) is 49.6 Å². The predicted molar refractivity (Wildman–Crippen MR) is 143 cm³/mol. The summed E-state index contributed by atoms with van der Waals surface area (Å²) in [4.78, 5) is 43.8. The molecule has 0 radical (unpaired) electrons. The van der Waals surface area contributed by atoms with Crippen LogP contribution in [-0.4, -0.2) is 79.0 Å². The van der Waals surface area contributed by atoms with Gasteiger partial charge in [-0.15, -0.1) is 0 Å². The van der Waals surface area contributed by atoms with Crippen molar-refractivity contribution in [2.24, 2.45) is 17.1 Å². The summed E-state index contributed by atoms with van der Waals surface area (Å²) in [6, 6.07) is 9.30. The highest BCUT2D eigenvalue weighted by Crippen LogP contribution is 2.49. The average Bonchev–Trinajstić information content (AvgIpc) is 3.13. The van der Waals surface area contributed by atoms with E-state index < -0.39 is 22.9 Å². The molecule has 2 heterocycles. The van der Waals surface area contributed by atoms with Crippen molar-refractivity contribution in [2.75, 3.05) is 39.9 Å². The minimum Gasteiger partial charge on any atom is -0.378 e. The zero-order valence-corrected chi connectivity index (χ0v) is 22.7. The number of amides is 3. The van der Waals surface area contributed by atoms with Crippen LogP contribution in [0.25, 0.3) is 0 Å². The summed E-state index contributed by atoms with van der Waals surface area (Å²) >= 11 is 0. The van der Waals surface area contributed by atoms with Gasteiger partial charge in [0.15, 0.2) is 0 Å². The molecule has 1 aliphatic carbocycles. The largest absolute Gasteiger partial charge is 0.378 e. The van der Waals surface area contributed by atoms with Gasteiger partial charge >= 0.3 is 0 Å². The third-order valence-corrected chi connectivity index (χ3v) is 8.49. The molecular formula is C29H44N4O4. The number of piperidine rings is 1. The number of ether oxygens (including phenoxy) is 1. The molecule has 0 aromatic heterocycles. The van der Waals surface area contributed by atoms with Crippen LogP contribution in [0.4, 0.5) is 0 Å². The number of carbonyl (C=O) groups is 3. The Morgan fingerprint density at radius 2 is 1.86 bits per heavy atom. The minimum absolute atomic E-state index is 0.0142. The lowest BCUT2D eigenvalue weighted by molar-refractivity contribution is -0.147. The minimum atomic E-state index is -1.12. The first-order valence-corrected chi connectivity index (χ1v) is 13.9. The predicted octanol–water partition coefficient (Wildman–Crippen LogP) is 2.67. The molecule has 1 aromatic rings. The molecule has 4 rings (SSSR count). The molecule has 3 amide bonds. The molecule has 3 atom stereocenters. The summed E-state index contributed by atoms with van der Waals surface area (Å²) in [5.74, 6) is 0.0197. The van der Waals surface area contributed by atoms with Crippen molar-refractivity contribution in [1.29, 1.82) is 0 Å². The number of hydrogen-bond acceptors (Lipinski definition) is 5. The lowest BCUT2D eigenvalue weighted by atomic mass is 9.69. The van der Waals surface area contributed by atoms with E-state index in [2.05, 4.69) is 17.4 Å². The first-order chi connectivity index (χ1) is 17.6. The van der Waals surface area contributed by atoms with Gasteiger partial charge in [0.2, 0.25) is 17.7 Å². The van der Waals surface area contributed by atoms with Crippen molar-refractivity contribution in [2.45, 2.75) is 76.3 Å². The Labute approximate surface area is 221 Å². The number of likely N-dealkylation sites (N-methyl/N-ethyl adjacent to an activating group) is 1. The summed E-state index contributed by atoms with van der Waals surface area (Å²) in [5, 5.41) is 2.86. The fraction of sp³-hybridized carbons (Fsp3) is 0.690. The number of carbonyl (C=O) groups excluding carboxylic acids is 3. The van der Waals surface area contributed by atoms with Crippen molar-refractivity contribution in [3.8, 4) is 0 Å². The molecule has 3 fully saturated rings. The maximum absolute atomic E-state index is 13.9. The molecule has 37 heavy (non-hydrogen) atoms. The molecule has 8 nitrogen and oxygen atoms in total. The molecule has 3 N–H and O–H groups in total. The van der Waals surface area contributed by atoms with E-state index in [4.69, 9.17) is 10.5 Å². The van der Waals surface area contributed by atoms with E-state index in [0.29, 0.717) is 32.2 Å². The highest BCUT2D eigenvalue weighted by molar-refractivity contribution is 5.92. The van der Waals surface area contributed by atoms with Gasteiger partial charge in [0.25, 0.3) is 0 Å². The molecule has 0 bridgehead atoms. The third-order valence-electron chi connectivity index (χ3n) is 8.49. The van der Waals surface area contributed by atoms with E-state index in [1.807, 2.05) is 25.2 Å². The van der Waals surface area contributed by atoms with Gasteiger partial charge < -0.3 is 25.6 Å². The first kappa shape index (κ1) is 27.6. The molecule has 2 saturated heterocycles. The smallest absolute Gasteiger partial charge is 0.247 e. The average molecular weight is 513 g/mol. The van der Waals surface area contributed by atoms with E-state index in [0.717, 1.165) is 31.2 Å². The lowest BCUT2D eigenvalue weighted by Gasteiger charge is -2.43. The number of hydrogen-bond donors (Lipinski definition) is 2. The van der Waals surface area contributed by atoms with Crippen LogP contribution >= 0.6 is 0 Å². The molecule has 2 aliphatic heterocycles.